The Morgan fingerprint density at radius 3 is 1.94 bits per heavy atom. The standard InChI is InChI=1S/C21H40N4O6S/c1-7-12(4)16(22)19(28)25-17(13(5)26)20(29)24-15(10-11(2)3)18(27)23-14(21(30)31)8-9-32-6/h11-17,26H,7-10,22H2,1-6H3,(H,23,27)(H,24,29)(H,25,28)(H,30,31). The Morgan fingerprint density at radius 1 is 0.938 bits per heavy atom. The van der Waals surface area contributed by atoms with Crippen LogP contribution in [0.3, 0.4) is 0 Å². The number of nitrogens with two attached hydrogens (primary N) is 1. The molecule has 0 aromatic rings. The van der Waals surface area contributed by atoms with Crippen LogP contribution >= 0.6 is 11.8 Å². The molecule has 6 unspecified atom stereocenters. The molecule has 0 saturated heterocycles. The summed E-state index contributed by atoms with van der Waals surface area (Å²) in [5.41, 5.74) is 5.91. The first-order valence-electron chi connectivity index (χ1n) is 10.9. The molecule has 0 heterocycles. The first-order chi connectivity index (χ1) is 14.8. The van der Waals surface area contributed by atoms with E-state index in [1.54, 1.807) is 6.92 Å². The number of carboxylic acid groups (broad SMARTS) is 1. The Kier molecular flexibility index (Phi) is 14.2. The SMILES string of the molecule is CCC(C)C(N)C(=O)NC(C(=O)NC(CC(C)C)C(=O)NC(CCSC)C(=O)O)C(C)O. The third-order valence-electron chi connectivity index (χ3n) is 5.19. The minimum atomic E-state index is -1.31. The van der Waals surface area contributed by atoms with Crippen molar-refractivity contribution in [3.63, 3.8) is 0 Å². The van der Waals surface area contributed by atoms with Gasteiger partial charge in [0, 0.05) is 0 Å². The van der Waals surface area contributed by atoms with E-state index in [1.165, 1.54) is 18.7 Å². The van der Waals surface area contributed by atoms with Crippen LogP contribution in [0.1, 0.15) is 53.9 Å². The first-order valence-corrected chi connectivity index (χ1v) is 12.3. The third-order valence-corrected chi connectivity index (χ3v) is 5.83. The van der Waals surface area contributed by atoms with Crippen molar-refractivity contribution in [1.29, 1.82) is 0 Å². The molecule has 0 spiro atoms. The Hall–Kier alpha value is -1.85. The fraction of sp³-hybridized carbons (Fsp3) is 0.810. The number of thioether (sulfide) groups is 1. The van der Waals surface area contributed by atoms with Gasteiger partial charge in [0.2, 0.25) is 17.7 Å². The fourth-order valence-corrected chi connectivity index (χ4v) is 3.37. The molecule has 0 aliphatic rings. The highest BCUT2D eigenvalue weighted by molar-refractivity contribution is 7.98. The number of carboxylic acids is 1. The summed E-state index contributed by atoms with van der Waals surface area (Å²) in [4.78, 5) is 49.5. The summed E-state index contributed by atoms with van der Waals surface area (Å²) < 4.78 is 0. The largest absolute Gasteiger partial charge is 0.480 e. The molecule has 0 aliphatic carbocycles. The van der Waals surface area contributed by atoms with Crippen LogP contribution in [0, 0.1) is 11.8 Å². The Labute approximate surface area is 194 Å². The molecule has 6 atom stereocenters. The van der Waals surface area contributed by atoms with Crippen LogP contribution in [0.4, 0.5) is 0 Å². The van der Waals surface area contributed by atoms with Gasteiger partial charge in [0.25, 0.3) is 0 Å². The number of aliphatic carboxylic acids is 1. The zero-order chi connectivity index (χ0) is 25.0. The van der Waals surface area contributed by atoms with Crippen LogP contribution in [0.15, 0.2) is 0 Å². The van der Waals surface area contributed by atoms with Crippen molar-refractivity contribution in [2.24, 2.45) is 17.6 Å². The number of rotatable bonds is 15. The molecule has 10 nitrogen and oxygen atoms in total. The van der Waals surface area contributed by atoms with Gasteiger partial charge in [0.1, 0.15) is 18.1 Å². The maximum atomic E-state index is 12.8. The Balaban J connectivity index is 5.42. The maximum absolute atomic E-state index is 12.8. The van der Waals surface area contributed by atoms with E-state index >= 15 is 0 Å². The molecule has 3 amide bonds. The highest BCUT2D eigenvalue weighted by Crippen LogP contribution is 2.09. The van der Waals surface area contributed by atoms with Crippen molar-refractivity contribution in [2.45, 2.75) is 84.2 Å². The first kappa shape index (κ1) is 30.1. The quantitative estimate of drug-likeness (QED) is 0.193. The monoisotopic (exact) mass is 476 g/mol. The molecule has 7 N–H and O–H groups in total. The summed E-state index contributed by atoms with van der Waals surface area (Å²) in [5, 5.41) is 26.9. The van der Waals surface area contributed by atoms with Crippen LogP contribution in [0.25, 0.3) is 0 Å². The highest BCUT2D eigenvalue weighted by atomic mass is 32.2. The van der Waals surface area contributed by atoms with Gasteiger partial charge >= 0.3 is 5.97 Å². The molecule has 0 aromatic carbocycles. The molecule has 0 rings (SSSR count). The normalized spacial score (nSPS) is 16.9. The van der Waals surface area contributed by atoms with Crippen molar-refractivity contribution in [1.82, 2.24) is 16.0 Å². The zero-order valence-corrected chi connectivity index (χ0v) is 20.7. The summed E-state index contributed by atoms with van der Waals surface area (Å²) >= 11 is 1.46. The molecule has 0 fully saturated rings. The van der Waals surface area contributed by atoms with Crippen LogP contribution in [-0.4, -0.2) is 76.2 Å². The van der Waals surface area contributed by atoms with Crippen molar-refractivity contribution in [3.8, 4) is 0 Å². The van der Waals surface area contributed by atoms with Crippen molar-refractivity contribution >= 4 is 35.5 Å². The van der Waals surface area contributed by atoms with Crippen molar-refractivity contribution < 1.29 is 29.4 Å². The van der Waals surface area contributed by atoms with Crippen LogP contribution in [0.5, 0.6) is 0 Å². The predicted octanol–water partition coefficient (Wildman–Crippen LogP) is 0.0788. The van der Waals surface area contributed by atoms with Gasteiger partial charge < -0.3 is 31.9 Å². The van der Waals surface area contributed by atoms with E-state index in [4.69, 9.17) is 5.73 Å². The molecule has 186 valence electrons. The van der Waals surface area contributed by atoms with Crippen molar-refractivity contribution in [3.05, 3.63) is 0 Å². The lowest BCUT2D eigenvalue weighted by Crippen LogP contribution is -2.60. The molecular weight excluding hydrogens is 436 g/mol. The second kappa shape index (κ2) is 15.1. The topological polar surface area (TPSA) is 171 Å². The summed E-state index contributed by atoms with van der Waals surface area (Å²) in [6.45, 7) is 8.75. The van der Waals surface area contributed by atoms with E-state index in [0.717, 1.165) is 0 Å². The number of carbonyl (C=O) groups is 4. The highest BCUT2D eigenvalue weighted by Gasteiger charge is 2.33. The lowest BCUT2D eigenvalue weighted by atomic mass is 9.98. The van der Waals surface area contributed by atoms with Crippen LogP contribution in [-0.2, 0) is 19.2 Å². The van der Waals surface area contributed by atoms with Gasteiger partial charge in [-0.1, -0.05) is 34.1 Å². The summed E-state index contributed by atoms with van der Waals surface area (Å²) in [5.74, 6) is -2.68. The van der Waals surface area contributed by atoms with E-state index < -0.39 is 54.0 Å². The Bertz CT molecular complexity index is 631. The zero-order valence-electron chi connectivity index (χ0n) is 19.9. The minimum absolute atomic E-state index is 0.0129. The number of hydrogen-bond donors (Lipinski definition) is 6. The molecule has 0 aliphatic heterocycles. The lowest BCUT2D eigenvalue weighted by molar-refractivity contribution is -0.142. The minimum Gasteiger partial charge on any atom is -0.480 e. The summed E-state index contributed by atoms with van der Waals surface area (Å²) in [7, 11) is 0. The second-order valence-electron chi connectivity index (χ2n) is 8.51. The van der Waals surface area contributed by atoms with E-state index in [0.29, 0.717) is 12.2 Å². The molecule has 0 radical (unpaired) electrons. The van der Waals surface area contributed by atoms with E-state index in [2.05, 4.69) is 16.0 Å². The van der Waals surface area contributed by atoms with Crippen molar-refractivity contribution in [2.75, 3.05) is 12.0 Å². The summed E-state index contributed by atoms with van der Waals surface area (Å²) in [6, 6.07) is -4.27. The number of nitrogens with one attached hydrogen (secondary N) is 3. The molecular formula is C21H40N4O6S. The fourth-order valence-electron chi connectivity index (χ4n) is 2.90. The smallest absolute Gasteiger partial charge is 0.326 e. The number of amides is 3. The molecule has 11 heteroatoms. The van der Waals surface area contributed by atoms with Gasteiger partial charge in [-0.05, 0) is 43.6 Å². The molecule has 0 aromatic heterocycles. The average Bonchev–Trinajstić information content (AvgIpc) is 2.71. The molecule has 32 heavy (non-hydrogen) atoms. The van der Waals surface area contributed by atoms with Gasteiger partial charge in [-0.3, -0.25) is 14.4 Å². The summed E-state index contributed by atoms with van der Waals surface area (Å²) in [6.07, 6.45) is 1.75. The third kappa shape index (κ3) is 10.6. The van der Waals surface area contributed by atoms with E-state index in [1.807, 2.05) is 27.0 Å². The predicted molar refractivity (Wildman–Crippen MR) is 125 cm³/mol. The van der Waals surface area contributed by atoms with Gasteiger partial charge in [0.05, 0.1) is 12.1 Å². The maximum Gasteiger partial charge on any atom is 0.326 e. The van der Waals surface area contributed by atoms with Gasteiger partial charge in [-0.2, -0.15) is 11.8 Å². The van der Waals surface area contributed by atoms with E-state index in [-0.39, 0.29) is 24.7 Å². The second-order valence-corrected chi connectivity index (χ2v) is 9.50. The lowest BCUT2D eigenvalue weighted by Gasteiger charge is -2.28. The average molecular weight is 477 g/mol. The van der Waals surface area contributed by atoms with Crippen LogP contribution < -0.4 is 21.7 Å². The molecule has 0 saturated carbocycles. The number of aliphatic hydroxyl groups excluding tert-OH is 1. The van der Waals surface area contributed by atoms with E-state index in [9.17, 15) is 29.4 Å². The Morgan fingerprint density at radius 2 is 1.50 bits per heavy atom. The number of hydrogen-bond acceptors (Lipinski definition) is 7. The number of aliphatic hydroxyl groups is 1. The van der Waals surface area contributed by atoms with Crippen LogP contribution in [0.2, 0.25) is 0 Å². The van der Waals surface area contributed by atoms with Gasteiger partial charge in [0.15, 0.2) is 0 Å². The van der Waals surface area contributed by atoms with Gasteiger partial charge in [-0.25, -0.2) is 4.79 Å². The molecule has 0 bridgehead atoms. The van der Waals surface area contributed by atoms with Gasteiger partial charge in [-0.15, -0.1) is 0 Å². The number of carbonyl (C=O) groups excluding carboxylic acids is 3.